The lowest BCUT2D eigenvalue weighted by Gasteiger charge is -2.30. The molecule has 0 bridgehead atoms. The van der Waals surface area contributed by atoms with Crippen LogP contribution in [0.5, 0.6) is 5.75 Å². The van der Waals surface area contributed by atoms with Crippen molar-refractivity contribution in [2.24, 2.45) is 17.6 Å². The Morgan fingerprint density at radius 3 is 2.28 bits per heavy atom. The molecular weight excluding hydrogens is 464 g/mol. The summed E-state index contributed by atoms with van der Waals surface area (Å²) in [6.07, 6.45) is 2.07. The van der Waals surface area contributed by atoms with E-state index in [1.165, 1.54) is 17.0 Å². The smallest absolute Gasteiger partial charge is 0.326 e. The Morgan fingerprint density at radius 1 is 1.08 bits per heavy atom. The Kier molecular flexibility index (Phi) is 10.7. The molecule has 0 radical (unpaired) electrons. The van der Waals surface area contributed by atoms with Crippen molar-refractivity contribution in [3.63, 3.8) is 0 Å². The fourth-order valence-corrected chi connectivity index (χ4v) is 4.39. The first kappa shape index (κ1) is 29.1. The summed E-state index contributed by atoms with van der Waals surface area (Å²) in [5, 5.41) is 24.7. The molecule has 5 unspecified atom stereocenters. The number of carboxylic acids is 1. The van der Waals surface area contributed by atoms with E-state index in [1.807, 2.05) is 27.7 Å². The standard InChI is InChI=1S/C26H40N4O6/c1-5-16(4)22(29-23(32)19(27)13-15(2)3)24(33)28-20(14-17-8-10-18(31)11-9-17)25(34)30-12-6-7-21(30)26(35)36/h8-11,15-16,19-22,31H,5-7,12-14,27H2,1-4H3,(H,28,33)(H,29,32)(H,35,36). The van der Waals surface area contributed by atoms with Gasteiger partial charge in [0.2, 0.25) is 17.7 Å². The molecule has 10 heteroatoms. The van der Waals surface area contributed by atoms with E-state index in [2.05, 4.69) is 10.6 Å². The highest BCUT2D eigenvalue weighted by Gasteiger charge is 2.39. The van der Waals surface area contributed by atoms with Crippen LogP contribution in [0, 0.1) is 11.8 Å². The van der Waals surface area contributed by atoms with Crippen LogP contribution in [0.1, 0.15) is 58.9 Å². The van der Waals surface area contributed by atoms with Gasteiger partial charge in [-0.2, -0.15) is 0 Å². The minimum atomic E-state index is -1.08. The van der Waals surface area contributed by atoms with Crippen LogP contribution in [-0.2, 0) is 25.6 Å². The number of hydrogen-bond donors (Lipinski definition) is 5. The first-order chi connectivity index (χ1) is 16.9. The zero-order valence-electron chi connectivity index (χ0n) is 21.6. The maximum absolute atomic E-state index is 13.5. The van der Waals surface area contributed by atoms with Crippen molar-refractivity contribution in [1.29, 1.82) is 0 Å². The minimum Gasteiger partial charge on any atom is -0.508 e. The molecule has 3 amide bonds. The Balaban J connectivity index is 2.28. The van der Waals surface area contributed by atoms with E-state index >= 15 is 0 Å². The highest BCUT2D eigenvalue weighted by atomic mass is 16.4. The van der Waals surface area contributed by atoms with Crippen LogP contribution in [0.4, 0.5) is 0 Å². The van der Waals surface area contributed by atoms with Crippen molar-refractivity contribution in [2.45, 2.75) is 84.0 Å². The fourth-order valence-electron chi connectivity index (χ4n) is 4.39. The van der Waals surface area contributed by atoms with Crippen molar-refractivity contribution >= 4 is 23.7 Å². The van der Waals surface area contributed by atoms with Crippen molar-refractivity contribution in [3.05, 3.63) is 29.8 Å². The molecule has 1 aromatic rings. The number of likely N-dealkylation sites (tertiary alicyclic amines) is 1. The van der Waals surface area contributed by atoms with Gasteiger partial charge in [0.1, 0.15) is 23.9 Å². The second-order valence-corrected chi connectivity index (χ2v) is 10.1. The normalized spacial score (nSPS) is 18.8. The van der Waals surface area contributed by atoms with Crippen LogP contribution in [0.3, 0.4) is 0 Å². The topological polar surface area (TPSA) is 162 Å². The molecule has 5 atom stereocenters. The number of hydrogen-bond acceptors (Lipinski definition) is 6. The SMILES string of the molecule is CCC(C)C(NC(=O)C(N)CC(C)C)C(=O)NC(Cc1ccc(O)cc1)C(=O)N1CCCC1C(=O)O. The molecule has 0 aromatic heterocycles. The quantitative estimate of drug-likeness (QED) is 0.287. The largest absolute Gasteiger partial charge is 0.508 e. The second kappa shape index (κ2) is 13.2. The number of carbonyl (C=O) groups excluding carboxylic acids is 3. The summed E-state index contributed by atoms with van der Waals surface area (Å²) in [5.41, 5.74) is 6.70. The summed E-state index contributed by atoms with van der Waals surface area (Å²) < 4.78 is 0. The molecule has 1 saturated heterocycles. The van der Waals surface area contributed by atoms with Crippen molar-refractivity contribution in [2.75, 3.05) is 6.54 Å². The van der Waals surface area contributed by atoms with E-state index < -0.39 is 47.9 Å². The Bertz CT molecular complexity index is 920. The number of benzene rings is 1. The van der Waals surface area contributed by atoms with Gasteiger partial charge in [0.15, 0.2) is 0 Å². The molecule has 0 aliphatic carbocycles. The number of nitrogens with one attached hydrogen (secondary N) is 2. The number of phenols is 1. The van der Waals surface area contributed by atoms with E-state index in [9.17, 15) is 29.4 Å². The number of carbonyl (C=O) groups is 4. The third-order valence-electron chi connectivity index (χ3n) is 6.67. The summed E-state index contributed by atoms with van der Waals surface area (Å²) in [6, 6.07) is 2.56. The number of aromatic hydroxyl groups is 1. The average molecular weight is 505 g/mol. The predicted molar refractivity (Wildman–Crippen MR) is 135 cm³/mol. The molecule has 6 N–H and O–H groups in total. The van der Waals surface area contributed by atoms with Gasteiger partial charge in [0.25, 0.3) is 0 Å². The van der Waals surface area contributed by atoms with Crippen LogP contribution < -0.4 is 16.4 Å². The van der Waals surface area contributed by atoms with Crippen molar-refractivity contribution < 1.29 is 29.4 Å². The first-order valence-corrected chi connectivity index (χ1v) is 12.6. The van der Waals surface area contributed by atoms with Gasteiger partial charge in [-0.3, -0.25) is 14.4 Å². The molecule has 0 spiro atoms. The summed E-state index contributed by atoms with van der Waals surface area (Å²) in [6.45, 7) is 7.91. The maximum Gasteiger partial charge on any atom is 0.326 e. The number of phenolic OH excluding ortho intramolecular Hbond substituents is 1. The van der Waals surface area contributed by atoms with Gasteiger partial charge in [0.05, 0.1) is 6.04 Å². The average Bonchev–Trinajstić information content (AvgIpc) is 3.32. The molecular formula is C26H40N4O6. The highest BCUT2D eigenvalue weighted by Crippen LogP contribution is 2.21. The number of nitrogens with zero attached hydrogens (tertiary/aromatic N) is 1. The molecule has 1 aliphatic heterocycles. The number of carboxylic acid groups (broad SMARTS) is 1. The lowest BCUT2D eigenvalue weighted by Crippen LogP contribution is -2.59. The van der Waals surface area contributed by atoms with Crippen LogP contribution >= 0.6 is 0 Å². The maximum atomic E-state index is 13.5. The molecule has 10 nitrogen and oxygen atoms in total. The van der Waals surface area contributed by atoms with Gasteiger partial charge in [-0.25, -0.2) is 4.79 Å². The third kappa shape index (κ3) is 7.94. The van der Waals surface area contributed by atoms with Gasteiger partial charge in [-0.05, 0) is 48.8 Å². The second-order valence-electron chi connectivity index (χ2n) is 10.1. The molecule has 2 rings (SSSR count). The molecule has 1 heterocycles. The summed E-state index contributed by atoms with van der Waals surface area (Å²) in [4.78, 5) is 52.6. The van der Waals surface area contributed by atoms with Crippen LogP contribution in [0.15, 0.2) is 24.3 Å². The van der Waals surface area contributed by atoms with Crippen LogP contribution in [0.25, 0.3) is 0 Å². The number of amides is 3. The zero-order valence-corrected chi connectivity index (χ0v) is 21.6. The zero-order chi connectivity index (χ0) is 27.0. The Hall–Kier alpha value is -3.14. The van der Waals surface area contributed by atoms with Crippen molar-refractivity contribution in [3.8, 4) is 5.75 Å². The number of aliphatic carboxylic acids is 1. The summed E-state index contributed by atoms with van der Waals surface area (Å²) >= 11 is 0. The van der Waals surface area contributed by atoms with E-state index in [0.29, 0.717) is 31.2 Å². The first-order valence-electron chi connectivity index (χ1n) is 12.6. The molecule has 1 aliphatic rings. The lowest BCUT2D eigenvalue weighted by atomic mass is 9.96. The van der Waals surface area contributed by atoms with E-state index in [4.69, 9.17) is 5.73 Å². The van der Waals surface area contributed by atoms with Gasteiger partial charge in [-0.1, -0.05) is 46.2 Å². The van der Waals surface area contributed by atoms with Crippen LogP contribution in [-0.4, -0.2) is 69.5 Å². The number of nitrogens with two attached hydrogens (primary N) is 1. The summed E-state index contributed by atoms with van der Waals surface area (Å²) in [7, 11) is 0. The minimum absolute atomic E-state index is 0.0634. The lowest BCUT2D eigenvalue weighted by molar-refractivity contribution is -0.149. The highest BCUT2D eigenvalue weighted by molar-refractivity contribution is 5.94. The van der Waals surface area contributed by atoms with Crippen LogP contribution in [0.2, 0.25) is 0 Å². The molecule has 1 aromatic carbocycles. The van der Waals surface area contributed by atoms with Gasteiger partial charge >= 0.3 is 5.97 Å². The van der Waals surface area contributed by atoms with E-state index in [-0.39, 0.29) is 30.6 Å². The van der Waals surface area contributed by atoms with Crippen molar-refractivity contribution in [1.82, 2.24) is 15.5 Å². The predicted octanol–water partition coefficient (Wildman–Crippen LogP) is 1.40. The molecule has 1 fully saturated rings. The van der Waals surface area contributed by atoms with Gasteiger partial charge < -0.3 is 31.5 Å². The monoisotopic (exact) mass is 504 g/mol. The molecule has 0 saturated carbocycles. The van der Waals surface area contributed by atoms with E-state index in [1.54, 1.807) is 12.1 Å². The van der Waals surface area contributed by atoms with E-state index in [0.717, 1.165) is 0 Å². The third-order valence-corrected chi connectivity index (χ3v) is 6.67. The Morgan fingerprint density at radius 2 is 1.72 bits per heavy atom. The van der Waals surface area contributed by atoms with Gasteiger partial charge in [-0.15, -0.1) is 0 Å². The molecule has 36 heavy (non-hydrogen) atoms. The number of rotatable bonds is 12. The molecule has 200 valence electrons. The van der Waals surface area contributed by atoms with Gasteiger partial charge in [0, 0.05) is 13.0 Å². The summed E-state index contributed by atoms with van der Waals surface area (Å²) in [5.74, 6) is -2.51. The fraction of sp³-hybridized carbons (Fsp3) is 0.615. The Labute approximate surface area is 212 Å².